The van der Waals surface area contributed by atoms with E-state index in [0.717, 1.165) is 55.0 Å². The van der Waals surface area contributed by atoms with Crippen LogP contribution in [0.3, 0.4) is 0 Å². The smallest absolute Gasteiger partial charge is 0.267 e. The fraction of sp³-hybridized carbons (Fsp3) is 0.533. The summed E-state index contributed by atoms with van der Waals surface area (Å²) < 4.78 is 1.67. The highest BCUT2D eigenvalue weighted by Crippen LogP contribution is 2.27. The zero-order chi connectivity index (χ0) is 14.2. The zero-order valence-electron chi connectivity index (χ0n) is 11.9. The Hall–Kier alpha value is -1.69. The summed E-state index contributed by atoms with van der Waals surface area (Å²) in [5.74, 6) is 0. The van der Waals surface area contributed by atoms with Crippen molar-refractivity contribution in [3.8, 4) is 0 Å². The molecular weight excluding hydrogens is 284 g/mol. The van der Waals surface area contributed by atoms with Crippen molar-refractivity contribution < 1.29 is 0 Å². The lowest BCUT2D eigenvalue weighted by Crippen LogP contribution is -2.37. The lowest BCUT2D eigenvalue weighted by atomic mass is 10.2. The molecule has 2 aliphatic rings. The summed E-state index contributed by atoms with van der Waals surface area (Å²) in [5, 5.41) is 7.66. The molecule has 1 saturated heterocycles. The van der Waals surface area contributed by atoms with Gasteiger partial charge >= 0.3 is 0 Å². The number of hydrogen-bond donors (Lipinski definition) is 0. The molecule has 1 atom stereocenters. The Morgan fingerprint density at radius 3 is 3.14 bits per heavy atom. The van der Waals surface area contributed by atoms with Crippen molar-refractivity contribution in [3.05, 3.63) is 39.3 Å². The highest BCUT2D eigenvalue weighted by Gasteiger charge is 2.27. The topological polar surface area (TPSA) is 51.0 Å². The molecule has 4 rings (SSSR count). The Bertz CT molecular complexity index is 694. The van der Waals surface area contributed by atoms with E-state index in [0.29, 0.717) is 12.6 Å². The first-order chi connectivity index (χ1) is 10.3. The van der Waals surface area contributed by atoms with Crippen LogP contribution in [0.5, 0.6) is 0 Å². The standard InChI is InChI=1S/C15H18N4OS/c20-14-9-11-3-1-5-13(11)17-19(14)10-12-4-2-7-18(12)15-16-6-8-21-15/h6,8-9,12H,1-5,7,10H2. The van der Waals surface area contributed by atoms with E-state index in [2.05, 4.69) is 15.0 Å². The van der Waals surface area contributed by atoms with Crippen LogP contribution in [0.4, 0.5) is 5.13 Å². The van der Waals surface area contributed by atoms with E-state index in [1.807, 2.05) is 11.6 Å². The molecule has 6 heteroatoms. The van der Waals surface area contributed by atoms with Gasteiger partial charge in [0, 0.05) is 24.2 Å². The highest BCUT2D eigenvalue weighted by molar-refractivity contribution is 7.13. The summed E-state index contributed by atoms with van der Waals surface area (Å²) in [4.78, 5) is 19.0. The lowest BCUT2D eigenvalue weighted by Gasteiger charge is -2.24. The van der Waals surface area contributed by atoms with Gasteiger partial charge in [0.25, 0.3) is 5.56 Å². The zero-order valence-corrected chi connectivity index (χ0v) is 12.7. The minimum Gasteiger partial charge on any atom is -0.343 e. The van der Waals surface area contributed by atoms with Crippen molar-refractivity contribution in [2.75, 3.05) is 11.4 Å². The van der Waals surface area contributed by atoms with E-state index >= 15 is 0 Å². The van der Waals surface area contributed by atoms with Gasteiger partial charge in [0.2, 0.25) is 0 Å². The third kappa shape index (κ3) is 2.37. The molecular formula is C15H18N4OS. The van der Waals surface area contributed by atoms with Crippen LogP contribution in [-0.4, -0.2) is 27.4 Å². The number of aromatic nitrogens is 3. The van der Waals surface area contributed by atoms with E-state index < -0.39 is 0 Å². The van der Waals surface area contributed by atoms with E-state index in [9.17, 15) is 4.79 Å². The van der Waals surface area contributed by atoms with Crippen LogP contribution in [0.15, 0.2) is 22.4 Å². The quantitative estimate of drug-likeness (QED) is 0.868. The van der Waals surface area contributed by atoms with E-state index in [4.69, 9.17) is 0 Å². The van der Waals surface area contributed by atoms with E-state index in [1.54, 1.807) is 22.1 Å². The van der Waals surface area contributed by atoms with Gasteiger partial charge in [-0.1, -0.05) is 0 Å². The van der Waals surface area contributed by atoms with Crippen LogP contribution in [0, 0.1) is 0 Å². The van der Waals surface area contributed by atoms with Gasteiger partial charge in [0.15, 0.2) is 5.13 Å². The Morgan fingerprint density at radius 1 is 1.33 bits per heavy atom. The molecule has 5 nitrogen and oxygen atoms in total. The molecule has 3 heterocycles. The third-order valence-corrected chi connectivity index (χ3v) is 5.26. The van der Waals surface area contributed by atoms with Crippen molar-refractivity contribution >= 4 is 16.5 Å². The average molecular weight is 302 g/mol. The minimum atomic E-state index is 0.0432. The molecule has 21 heavy (non-hydrogen) atoms. The van der Waals surface area contributed by atoms with Crippen LogP contribution < -0.4 is 10.5 Å². The molecule has 1 unspecified atom stereocenters. The fourth-order valence-corrected chi connectivity index (χ4v) is 4.15. The van der Waals surface area contributed by atoms with Crippen LogP contribution >= 0.6 is 11.3 Å². The van der Waals surface area contributed by atoms with E-state index in [1.165, 1.54) is 0 Å². The number of rotatable bonds is 3. The Morgan fingerprint density at radius 2 is 2.29 bits per heavy atom. The summed E-state index contributed by atoms with van der Waals surface area (Å²) in [7, 11) is 0. The molecule has 0 amide bonds. The summed E-state index contributed by atoms with van der Waals surface area (Å²) in [5.41, 5.74) is 2.31. The maximum absolute atomic E-state index is 12.2. The van der Waals surface area contributed by atoms with Crippen LogP contribution in [0.25, 0.3) is 0 Å². The molecule has 2 aromatic rings. The summed E-state index contributed by atoms with van der Waals surface area (Å²) in [6, 6.07) is 2.12. The first-order valence-electron chi connectivity index (χ1n) is 7.57. The first-order valence-corrected chi connectivity index (χ1v) is 8.45. The van der Waals surface area contributed by atoms with Crippen molar-refractivity contribution in [2.24, 2.45) is 0 Å². The SMILES string of the molecule is O=c1cc2c(nn1CC1CCCN1c1nccs1)CCC2. The molecule has 2 aromatic heterocycles. The summed E-state index contributed by atoms with van der Waals surface area (Å²) in [6.45, 7) is 1.70. The number of hydrogen-bond acceptors (Lipinski definition) is 5. The van der Waals surface area contributed by atoms with Gasteiger partial charge in [-0.05, 0) is 37.7 Å². The second-order valence-corrected chi connectivity index (χ2v) is 6.67. The molecule has 1 fully saturated rings. The van der Waals surface area contributed by atoms with Gasteiger partial charge in [-0.2, -0.15) is 5.10 Å². The first kappa shape index (κ1) is 13.0. The molecule has 0 spiro atoms. The maximum Gasteiger partial charge on any atom is 0.267 e. The molecule has 0 saturated carbocycles. The van der Waals surface area contributed by atoms with Gasteiger partial charge in [-0.25, -0.2) is 9.67 Å². The van der Waals surface area contributed by atoms with Crippen LogP contribution in [0.2, 0.25) is 0 Å². The van der Waals surface area contributed by atoms with Gasteiger partial charge in [-0.3, -0.25) is 4.79 Å². The van der Waals surface area contributed by atoms with Crippen molar-refractivity contribution in [2.45, 2.75) is 44.7 Å². The molecule has 1 aliphatic carbocycles. The van der Waals surface area contributed by atoms with E-state index in [-0.39, 0.29) is 5.56 Å². The molecule has 110 valence electrons. The largest absolute Gasteiger partial charge is 0.343 e. The number of nitrogens with zero attached hydrogens (tertiary/aromatic N) is 4. The van der Waals surface area contributed by atoms with Crippen molar-refractivity contribution in [3.63, 3.8) is 0 Å². The predicted molar refractivity (Wildman–Crippen MR) is 83.0 cm³/mol. The maximum atomic E-state index is 12.2. The Kier molecular flexibility index (Phi) is 3.25. The number of thiazole rings is 1. The van der Waals surface area contributed by atoms with Crippen LogP contribution in [-0.2, 0) is 19.4 Å². The monoisotopic (exact) mass is 302 g/mol. The normalized spacial score (nSPS) is 21.0. The summed E-state index contributed by atoms with van der Waals surface area (Å²) >= 11 is 1.67. The molecule has 0 aromatic carbocycles. The lowest BCUT2D eigenvalue weighted by molar-refractivity contribution is 0.483. The highest BCUT2D eigenvalue weighted by atomic mass is 32.1. The second kappa shape index (κ2) is 5.26. The van der Waals surface area contributed by atoms with Gasteiger partial charge in [-0.15, -0.1) is 11.3 Å². The summed E-state index contributed by atoms with van der Waals surface area (Å²) in [6.07, 6.45) is 7.24. The molecule has 1 aliphatic heterocycles. The predicted octanol–water partition coefficient (Wildman–Crippen LogP) is 1.86. The van der Waals surface area contributed by atoms with Crippen molar-refractivity contribution in [1.82, 2.24) is 14.8 Å². The minimum absolute atomic E-state index is 0.0432. The Balaban J connectivity index is 1.60. The fourth-order valence-electron chi connectivity index (χ4n) is 3.40. The second-order valence-electron chi connectivity index (χ2n) is 5.79. The average Bonchev–Trinajstić information content (AvgIpc) is 3.18. The van der Waals surface area contributed by atoms with Gasteiger partial charge in [0.1, 0.15) is 0 Å². The number of anilines is 1. The Labute approximate surface area is 127 Å². The number of fused-ring (bicyclic) bond motifs is 1. The third-order valence-electron chi connectivity index (χ3n) is 4.45. The molecule has 0 bridgehead atoms. The van der Waals surface area contributed by atoms with Gasteiger partial charge in [0.05, 0.1) is 18.3 Å². The van der Waals surface area contributed by atoms with Gasteiger partial charge < -0.3 is 4.90 Å². The van der Waals surface area contributed by atoms with Crippen LogP contribution in [0.1, 0.15) is 30.5 Å². The van der Waals surface area contributed by atoms with Crippen molar-refractivity contribution in [1.29, 1.82) is 0 Å². The molecule has 0 radical (unpaired) electrons. The number of aryl methyl sites for hydroxylation is 2. The molecule has 0 N–H and O–H groups in total.